The minimum absolute atomic E-state index is 0.0528. The van der Waals surface area contributed by atoms with E-state index in [-0.39, 0.29) is 31.3 Å². The largest absolute Gasteiger partial charge is 0.459 e. The van der Waals surface area contributed by atoms with Crippen molar-refractivity contribution in [2.24, 2.45) is 11.8 Å². The number of nitrogens with zero attached hydrogens (tertiary/aromatic N) is 1. The highest BCUT2D eigenvalue weighted by molar-refractivity contribution is 5.98. The van der Waals surface area contributed by atoms with Gasteiger partial charge in [-0.1, -0.05) is 144 Å². The average Bonchev–Trinajstić information content (AvgIpc) is 3.24. The first-order chi connectivity index (χ1) is 27.8. The highest BCUT2D eigenvalue weighted by Gasteiger charge is 2.35. The number of likely N-dealkylation sites (N-methyl/N-ethyl adjacent to an activating group) is 1. The zero-order chi connectivity index (χ0) is 42.2. The fourth-order valence-electron chi connectivity index (χ4n) is 6.67. The van der Waals surface area contributed by atoms with Gasteiger partial charge in [-0.15, -0.1) is 0 Å². The standard InChI is InChI=1S/C47H58N4O7/c1-7-32(5)43(45(55)50-42(31(3)4)47(57)58-30-34-21-14-10-15-22-34)49-41(53)29-40(52)39(27-33-19-12-9-13-20-33)51(6)46(56)38(8-2)48-44(54)37-26-18-25-36(28-37)35-23-16-11-17-24-35/h9-26,28,31-32,38-40,42-43,52H,7-8,27,29-30H2,1-6H3,(H,48,54)(H,49,53)(H,50,55)/t32-,38-,39-,40-,42-,43-/m0/s1. The summed E-state index contributed by atoms with van der Waals surface area (Å²) in [7, 11) is 1.56. The molecular weight excluding hydrogens is 733 g/mol. The number of rotatable bonds is 20. The minimum Gasteiger partial charge on any atom is -0.459 e. The first-order valence-electron chi connectivity index (χ1n) is 20.1. The van der Waals surface area contributed by atoms with Crippen molar-refractivity contribution in [1.82, 2.24) is 20.9 Å². The van der Waals surface area contributed by atoms with Crippen LogP contribution in [0.2, 0.25) is 0 Å². The second kappa shape index (κ2) is 22.2. The van der Waals surface area contributed by atoms with Gasteiger partial charge in [-0.25, -0.2) is 4.79 Å². The van der Waals surface area contributed by atoms with Crippen LogP contribution >= 0.6 is 0 Å². The topological polar surface area (TPSA) is 154 Å². The Hall–Kier alpha value is -5.81. The molecule has 0 unspecified atom stereocenters. The zero-order valence-electron chi connectivity index (χ0n) is 34.4. The molecule has 4 N–H and O–H groups in total. The van der Waals surface area contributed by atoms with E-state index < -0.39 is 66.3 Å². The molecular formula is C47H58N4O7. The third kappa shape index (κ3) is 12.9. The van der Waals surface area contributed by atoms with Crippen molar-refractivity contribution in [1.29, 1.82) is 0 Å². The molecule has 11 nitrogen and oxygen atoms in total. The average molecular weight is 791 g/mol. The summed E-state index contributed by atoms with van der Waals surface area (Å²) in [5.41, 5.74) is 3.86. The summed E-state index contributed by atoms with van der Waals surface area (Å²) in [6.45, 7) is 9.15. The second-order valence-corrected chi connectivity index (χ2v) is 15.1. The Morgan fingerprint density at radius 3 is 1.86 bits per heavy atom. The molecule has 0 radical (unpaired) electrons. The molecule has 0 saturated heterocycles. The van der Waals surface area contributed by atoms with E-state index >= 15 is 0 Å². The van der Waals surface area contributed by atoms with Crippen LogP contribution in [0.5, 0.6) is 0 Å². The van der Waals surface area contributed by atoms with Crippen LogP contribution in [-0.2, 0) is 36.9 Å². The van der Waals surface area contributed by atoms with E-state index in [1.165, 1.54) is 4.90 Å². The Kier molecular flexibility index (Phi) is 17.2. The summed E-state index contributed by atoms with van der Waals surface area (Å²) in [5, 5.41) is 20.2. The highest BCUT2D eigenvalue weighted by Crippen LogP contribution is 2.21. The predicted molar refractivity (Wildman–Crippen MR) is 225 cm³/mol. The molecule has 6 atom stereocenters. The number of carbonyl (C=O) groups is 5. The number of carbonyl (C=O) groups excluding carboxylic acids is 5. The summed E-state index contributed by atoms with van der Waals surface area (Å²) >= 11 is 0. The van der Waals surface area contributed by atoms with Crippen LogP contribution in [0.25, 0.3) is 11.1 Å². The molecule has 4 amide bonds. The van der Waals surface area contributed by atoms with Gasteiger partial charge in [0.2, 0.25) is 17.7 Å². The second-order valence-electron chi connectivity index (χ2n) is 15.1. The molecule has 58 heavy (non-hydrogen) atoms. The predicted octanol–water partition coefficient (Wildman–Crippen LogP) is 6.10. The van der Waals surface area contributed by atoms with Gasteiger partial charge < -0.3 is 30.7 Å². The van der Waals surface area contributed by atoms with E-state index in [0.717, 1.165) is 22.3 Å². The normalized spacial score (nSPS) is 14.2. The van der Waals surface area contributed by atoms with E-state index in [2.05, 4.69) is 16.0 Å². The van der Waals surface area contributed by atoms with E-state index in [9.17, 15) is 29.1 Å². The number of amides is 4. The third-order valence-electron chi connectivity index (χ3n) is 10.5. The number of nitrogens with one attached hydrogen (secondary N) is 3. The van der Waals surface area contributed by atoms with Crippen molar-refractivity contribution < 1.29 is 33.8 Å². The lowest BCUT2D eigenvalue weighted by atomic mass is 9.95. The van der Waals surface area contributed by atoms with Gasteiger partial charge in [-0.05, 0) is 59.1 Å². The van der Waals surface area contributed by atoms with Gasteiger partial charge in [0.25, 0.3) is 5.91 Å². The molecule has 0 heterocycles. The molecule has 0 fully saturated rings. The highest BCUT2D eigenvalue weighted by atomic mass is 16.5. The van der Waals surface area contributed by atoms with Gasteiger partial charge in [0.05, 0.1) is 18.6 Å². The van der Waals surface area contributed by atoms with Gasteiger partial charge in [0.15, 0.2) is 0 Å². The number of aliphatic hydroxyl groups is 1. The van der Waals surface area contributed by atoms with Crippen molar-refractivity contribution in [2.75, 3.05) is 7.05 Å². The fourth-order valence-corrected chi connectivity index (χ4v) is 6.67. The summed E-state index contributed by atoms with van der Waals surface area (Å²) in [6, 6.07) is 31.6. The lowest BCUT2D eigenvalue weighted by Gasteiger charge is -2.35. The molecule has 11 heteroatoms. The van der Waals surface area contributed by atoms with Crippen LogP contribution in [0, 0.1) is 11.8 Å². The monoisotopic (exact) mass is 790 g/mol. The molecule has 4 aromatic carbocycles. The van der Waals surface area contributed by atoms with Gasteiger partial charge >= 0.3 is 5.97 Å². The first kappa shape index (κ1) is 44.9. The summed E-state index contributed by atoms with van der Waals surface area (Å²) in [4.78, 5) is 69.5. The van der Waals surface area contributed by atoms with Crippen molar-refractivity contribution in [3.8, 4) is 11.1 Å². The summed E-state index contributed by atoms with van der Waals surface area (Å²) in [5.74, 6) is -3.19. The first-order valence-corrected chi connectivity index (χ1v) is 20.1. The molecule has 0 aromatic heterocycles. The van der Waals surface area contributed by atoms with Crippen molar-refractivity contribution >= 4 is 29.6 Å². The maximum Gasteiger partial charge on any atom is 0.329 e. The Morgan fingerprint density at radius 1 is 0.690 bits per heavy atom. The van der Waals surface area contributed by atoms with Crippen molar-refractivity contribution in [3.63, 3.8) is 0 Å². The lowest BCUT2D eigenvalue weighted by Crippen LogP contribution is -2.57. The molecule has 4 aromatic rings. The van der Waals surface area contributed by atoms with E-state index in [0.29, 0.717) is 12.0 Å². The number of benzene rings is 4. The molecule has 0 aliphatic heterocycles. The van der Waals surface area contributed by atoms with E-state index in [1.807, 2.05) is 111 Å². The summed E-state index contributed by atoms with van der Waals surface area (Å²) < 4.78 is 5.53. The SMILES string of the molecule is CC[C@H](NC(=O)c1cccc(-c2ccccc2)c1)C(=O)N(C)[C@@H](Cc1ccccc1)[C@@H](O)CC(=O)N[C@H](C(=O)N[C@H](C(=O)OCc1ccccc1)C(C)C)[C@@H](C)CC. The maximum atomic E-state index is 14.1. The molecule has 0 aliphatic rings. The molecule has 4 rings (SSSR count). The molecule has 0 spiro atoms. The van der Waals surface area contributed by atoms with Gasteiger partial charge in [0.1, 0.15) is 24.7 Å². The smallest absolute Gasteiger partial charge is 0.329 e. The Balaban J connectivity index is 1.46. The number of aliphatic hydroxyl groups excluding tert-OH is 1. The van der Waals surface area contributed by atoms with Crippen molar-refractivity contribution in [3.05, 3.63) is 132 Å². The molecule has 308 valence electrons. The molecule has 0 saturated carbocycles. The Morgan fingerprint density at radius 2 is 1.28 bits per heavy atom. The van der Waals surface area contributed by atoms with Gasteiger partial charge in [-0.3, -0.25) is 19.2 Å². The van der Waals surface area contributed by atoms with Crippen LogP contribution in [-0.4, -0.2) is 76.9 Å². The third-order valence-corrected chi connectivity index (χ3v) is 10.5. The summed E-state index contributed by atoms with van der Waals surface area (Å²) in [6.07, 6.45) is -0.720. The number of ether oxygens (including phenoxy) is 1. The van der Waals surface area contributed by atoms with Gasteiger partial charge in [0, 0.05) is 12.6 Å². The molecule has 0 aliphatic carbocycles. The van der Waals surface area contributed by atoms with Crippen LogP contribution in [0.1, 0.15) is 75.4 Å². The van der Waals surface area contributed by atoms with E-state index in [4.69, 9.17) is 4.74 Å². The number of esters is 1. The Bertz CT molecular complexity index is 1940. The lowest BCUT2D eigenvalue weighted by molar-refractivity contribution is -0.151. The van der Waals surface area contributed by atoms with Gasteiger partial charge in [-0.2, -0.15) is 0 Å². The van der Waals surface area contributed by atoms with Crippen LogP contribution < -0.4 is 16.0 Å². The zero-order valence-corrected chi connectivity index (χ0v) is 34.4. The number of hydrogen-bond donors (Lipinski definition) is 4. The fraction of sp³-hybridized carbons (Fsp3) is 0.383. The quantitative estimate of drug-likeness (QED) is 0.0790. The molecule has 0 bridgehead atoms. The van der Waals surface area contributed by atoms with Crippen LogP contribution in [0.4, 0.5) is 0 Å². The maximum absolute atomic E-state index is 14.1. The van der Waals surface area contributed by atoms with Crippen molar-refractivity contribution in [2.45, 2.75) is 97.2 Å². The van der Waals surface area contributed by atoms with Crippen LogP contribution in [0.3, 0.4) is 0 Å². The Labute approximate surface area is 342 Å². The number of hydrogen-bond acceptors (Lipinski definition) is 7. The van der Waals surface area contributed by atoms with Crippen LogP contribution in [0.15, 0.2) is 115 Å². The van der Waals surface area contributed by atoms with E-state index in [1.54, 1.807) is 46.0 Å². The minimum atomic E-state index is -1.35.